The molecule has 1 saturated heterocycles. The minimum atomic E-state index is -4.32. The average Bonchev–Trinajstić information content (AvgIpc) is 2.84. The standard InChI is InChI=1S/C27H30F3N3O.2ClH/c28-27(29,30)21-9-6-10-23(19-21)32-22-13-17-33(18-14-22)16-4-3-15-31-26(34)25-12-5-8-20-7-1-2-11-24(20)25;;/h1-2,5-12,19,22,32H,3-4,13-18H2,(H,31,34);2*1H. The van der Waals surface area contributed by atoms with Crippen molar-refractivity contribution in [1.82, 2.24) is 10.2 Å². The Morgan fingerprint density at radius 2 is 1.61 bits per heavy atom. The fourth-order valence-electron chi connectivity index (χ4n) is 4.50. The zero-order chi connectivity index (χ0) is 24.0. The van der Waals surface area contributed by atoms with Crippen LogP contribution in [0, 0.1) is 0 Å². The Balaban J connectivity index is 0.00000228. The molecule has 1 aliphatic heterocycles. The van der Waals surface area contributed by atoms with Crippen LogP contribution in [0.4, 0.5) is 18.9 Å². The lowest BCUT2D eigenvalue weighted by Crippen LogP contribution is -2.39. The van der Waals surface area contributed by atoms with Crippen LogP contribution in [0.2, 0.25) is 0 Å². The predicted octanol–water partition coefficient (Wildman–Crippen LogP) is 6.79. The molecule has 0 spiro atoms. The minimum absolute atomic E-state index is 0. The molecule has 1 fully saturated rings. The Morgan fingerprint density at radius 3 is 2.36 bits per heavy atom. The number of anilines is 1. The van der Waals surface area contributed by atoms with Gasteiger partial charge in [-0.15, -0.1) is 24.8 Å². The molecule has 0 radical (unpaired) electrons. The molecule has 0 bridgehead atoms. The number of likely N-dealkylation sites (tertiary alicyclic amines) is 1. The van der Waals surface area contributed by atoms with Crippen LogP contribution in [-0.2, 0) is 6.18 Å². The Bertz CT molecular complexity index is 1110. The molecule has 0 saturated carbocycles. The van der Waals surface area contributed by atoms with Gasteiger partial charge in [0.25, 0.3) is 5.91 Å². The van der Waals surface area contributed by atoms with Crippen molar-refractivity contribution in [3.05, 3.63) is 77.9 Å². The van der Waals surface area contributed by atoms with Crippen LogP contribution in [0.1, 0.15) is 41.6 Å². The number of rotatable bonds is 8. The first kappa shape index (κ1) is 29.7. The number of hydrogen-bond acceptors (Lipinski definition) is 3. The molecule has 3 aromatic rings. The summed E-state index contributed by atoms with van der Waals surface area (Å²) in [6.07, 6.45) is -0.641. The van der Waals surface area contributed by atoms with Crippen molar-refractivity contribution >= 4 is 47.2 Å². The number of piperidine rings is 1. The highest BCUT2D eigenvalue weighted by Crippen LogP contribution is 2.31. The molecule has 2 N–H and O–H groups in total. The summed E-state index contributed by atoms with van der Waals surface area (Å²) in [6.45, 7) is 3.42. The van der Waals surface area contributed by atoms with Gasteiger partial charge >= 0.3 is 6.18 Å². The largest absolute Gasteiger partial charge is 0.416 e. The molecule has 0 atom stereocenters. The van der Waals surface area contributed by atoms with Gasteiger partial charge in [-0.2, -0.15) is 13.2 Å². The van der Waals surface area contributed by atoms with Crippen LogP contribution in [0.25, 0.3) is 10.8 Å². The number of carbonyl (C=O) groups is 1. The SMILES string of the molecule is Cl.Cl.O=C(NCCCCN1CCC(Nc2cccc(C(F)(F)F)c2)CC1)c1cccc2ccccc12. The van der Waals surface area contributed by atoms with Gasteiger partial charge in [0.15, 0.2) is 0 Å². The first-order chi connectivity index (χ1) is 16.4. The fourth-order valence-corrected chi connectivity index (χ4v) is 4.50. The highest BCUT2D eigenvalue weighted by atomic mass is 35.5. The summed E-state index contributed by atoms with van der Waals surface area (Å²) in [7, 11) is 0. The van der Waals surface area contributed by atoms with Crippen LogP contribution in [0.5, 0.6) is 0 Å². The summed E-state index contributed by atoms with van der Waals surface area (Å²) in [5.74, 6) is -0.0433. The van der Waals surface area contributed by atoms with Crippen molar-refractivity contribution in [1.29, 1.82) is 0 Å². The molecule has 0 aliphatic carbocycles. The third kappa shape index (κ3) is 8.02. The Hall–Kier alpha value is -2.48. The summed E-state index contributed by atoms with van der Waals surface area (Å²) in [4.78, 5) is 15.0. The van der Waals surface area contributed by atoms with E-state index in [4.69, 9.17) is 0 Å². The number of unbranched alkanes of at least 4 members (excludes halogenated alkanes) is 1. The topological polar surface area (TPSA) is 44.4 Å². The third-order valence-electron chi connectivity index (χ3n) is 6.37. The maximum absolute atomic E-state index is 12.9. The number of hydrogen-bond donors (Lipinski definition) is 2. The van der Waals surface area contributed by atoms with E-state index < -0.39 is 11.7 Å². The van der Waals surface area contributed by atoms with E-state index in [1.807, 2.05) is 42.5 Å². The van der Waals surface area contributed by atoms with Gasteiger partial charge < -0.3 is 15.5 Å². The number of amides is 1. The van der Waals surface area contributed by atoms with Crippen molar-refractivity contribution in [2.75, 3.05) is 31.5 Å². The van der Waals surface area contributed by atoms with Crippen LogP contribution in [0.3, 0.4) is 0 Å². The smallest absolute Gasteiger partial charge is 0.382 e. The maximum atomic E-state index is 12.9. The van der Waals surface area contributed by atoms with Gasteiger partial charge in [0.2, 0.25) is 0 Å². The van der Waals surface area contributed by atoms with Crippen LogP contribution in [-0.4, -0.2) is 43.0 Å². The van der Waals surface area contributed by atoms with Gasteiger partial charge in [0.1, 0.15) is 0 Å². The van der Waals surface area contributed by atoms with E-state index in [9.17, 15) is 18.0 Å². The Kier molecular flexibility index (Phi) is 11.3. The van der Waals surface area contributed by atoms with Crippen molar-refractivity contribution in [2.45, 2.75) is 37.9 Å². The van der Waals surface area contributed by atoms with Crippen LogP contribution >= 0.6 is 24.8 Å². The Labute approximate surface area is 222 Å². The second-order valence-electron chi connectivity index (χ2n) is 8.83. The lowest BCUT2D eigenvalue weighted by Gasteiger charge is -2.33. The molecule has 9 heteroatoms. The monoisotopic (exact) mass is 541 g/mol. The first-order valence-corrected chi connectivity index (χ1v) is 11.8. The normalized spacial score (nSPS) is 14.5. The molecular weight excluding hydrogens is 510 g/mol. The van der Waals surface area contributed by atoms with E-state index in [0.717, 1.165) is 62.2 Å². The zero-order valence-electron chi connectivity index (χ0n) is 19.9. The highest BCUT2D eigenvalue weighted by Gasteiger charge is 2.30. The van der Waals surface area contributed by atoms with Gasteiger partial charge in [-0.25, -0.2) is 0 Å². The summed E-state index contributed by atoms with van der Waals surface area (Å²) in [6, 6.07) is 19.2. The van der Waals surface area contributed by atoms with E-state index in [-0.39, 0.29) is 36.8 Å². The molecule has 4 nitrogen and oxygen atoms in total. The van der Waals surface area contributed by atoms with E-state index in [1.165, 1.54) is 12.1 Å². The van der Waals surface area contributed by atoms with E-state index >= 15 is 0 Å². The van der Waals surface area contributed by atoms with Gasteiger partial charge in [-0.05, 0) is 67.3 Å². The number of halogens is 5. The highest BCUT2D eigenvalue weighted by molar-refractivity contribution is 6.06. The van der Waals surface area contributed by atoms with Crippen molar-refractivity contribution in [3.63, 3.8) is 0 Å². The number of fused-ring (bicyclic) bond motifs is 1. The predicted molar refractivity (Wildman–Crippen MR) is 145 cm³/mol. The van der Waals surface area contributed by atoms with Gasteiger partial charge in [0.05, 0.1) is 5.56 Å². The molecule has 3 aromatic carbocycles. The molecule has 0 aromatic heterocycles. The van der Waals surface area contributed by atoms with Crippen LogP contribution in [0.15, 0.2) is 66.7 Å². The molecule has 4 rings (SSSR count). The summed E-state index contributed by atoms with van der Waals surface area (Å²) < 4.78 is 38.7. The quantitative estimate of drug-likeness (QED) is 0.308. The second kappa shape index (κ2) is 13.7. The average molecular weight is 542 g/mol. The minimum Gasteiger partial charge on any atom is -0.382 e. The maximum Gasteiger partial charge on any atom is 0.416 e. The lowest BCUT2D eigenvalue weighted by molar-refractivity contribution is -0.137. The van der Waals surface area contributed by atoms with E-state index in [1.54, 1.807) is 6.07 Å². The van der Waals surface area contributed by atoms with Gasteiger partial charge in [0, 0.05) is 36.9 Å². The molecule has 1 aliphatic rings. The number of nitrogens with one attached hydrogen (secondary N) is 2. The van der Waals surface area contributed by atoms with Gasteiger partial charge in [-0.1, -0.05) is 42.5 Å². The lowest BCUT2D eigenvalue weighted by atomic mass is 10.0. The molecule has 36 heavy (non-hydrogen) atoms. The van der Waals surface area contributed by atoms with Crippen molar-refractivity contribution in [2.24, 2.45) is 0 Å². The van der Waals surface area contributed by atoms with E-state index in [2.05, 4.69) is 15.5 Å². The molecular formula is C27H32Cl2F3N3O. The van der Waals surface area contributed by atoms with Crippen LogP contribution < -0.4 is 10.6 Å². The van der Waals surface area contributed by atoms with E-state index in [0.29, 0.717) is 17.8 Å². The number of benzene rings is 3. The third-order valence-corrected chi connectivity index (χ3v) is 6.37. The number of nitrogens with zero attached hydrogens (tertiary/aromatic N) is 1. The van der Waals surface area contributed by atoms with Crippen molar-refractivity contribution in [3.8, 4) is 0 Å². The number of alkyl halides is 3. The summed E-state index contributed by atoms with van der Waals surface area (Å²) in [5, 5.41) is 8.31. The molecule has 196 valence electrons. The zero-order valence-corrected chi connectivity index (χ0v) is 21.5. The molecule has 1 amide bonds. The number of carbonyl (C=O) groups excluding carboxylic acids is 1. The molecule has 1 heterocycles. The van der Waals surface area contributed by atoms with Crippen molar-refractivity contribution < 1.29 is 18.0 Å². The molecule has 0 unspecified atom stereocenters. The Morgan fingerprint density at radius 1 is 0.917 bits per heavy atom. The first-order valence-electron chi connectivity index (χ1n) is 11.8. The fraction of sp³-hybridized carbons (Fsp3) is 0.370. The second-order valence-corrected chi connectivity index (χ2v) is 8.83. The summed E-state index contributed by atoms with van der Waals surface area (Å²) in [5.41, 5.74) is 0.603. The van der Waals surface area contributed by atoms with Gasteiger partial charge in [-0.3, -0.25) is 4.79 Å². The summed E-state index contributed by atoms with van der Waals surface area (Å²) >= 11 is 0.